The van der Waals surface area contributed by atoms with Crippen LogP contribution in [0.3, 0.4) is 0 Å². The van der Waals surface area contributed by atoms with Crippen molar-refractivity contribution in [2.45, 2.75) is 77.7 Å². The van der Waals surface area contributed by atoms with Crippen molar-refractivity contribution in [2.24, 2.45) is 5.92 Å². The van der Waals surface area contributed by atoms with Crippen molar-refractivity contribution in [3.05, 3.63) is 126 Å². The Morgan fingerprint density at radius 1 is 0.820 bits per heavy atom. The highest BCUT2D eigenvalue weighted by Gasteiger charge is 2.38. The molecule has 0 spiro atoms. The predicted molar refractivity (Wildman–Crippen MR) is 194 cm³/mol. The normalized spacial score (nSPS) is 18.9. The van der Waals surface area contributed by atoms with Crippen molar-refractivity contribution < 1.29 is 24.2 Å². The Kier molecular flexibility index (Phi) is 11.7. The number of rotatable bonds is 14. The topological polar surface area (TPSA) is 115 Å². The van der Waals surface area contributed by atoms with Crippen molar-refractivity contribution in [1.29, 1.82) is 0 Å². The maximum absolute atomic E-state index is 12.5. The van der Waals surface area contributed by atoms with E-state index in [1.165, 1.54) is 6.92 Å². The molecule has 6 rings (SSSR count). The van der Waals surface area contributed by atoms with Gasteiger partial charge in [0.2, 0.25) is 11.8 Å². The Morgan fingerprint density at radius 3 is 2.40 bits per heavy atom. The van der Waals surface area contributed by atoms with Crippen LogP contribution in [0.15, 0.2) is 103 Å². The molecule has 1 aromatic heterocycles. The molecule has 50 heavy (non-hydrogen) atoms. The highest BCUT2D eigenvalue weighted by atomic mass is 16.7. The summed E-state index contributed by atoms with van der Waals surface area (Å²) < 4.78 is 15.7. The summed E-state index contributed by atoms with van der Waals surface area (Å²) in [5.74, 6) is 0.0316. The zero-order valence-corrected chi connectivity index (χ0v) is 28.8. The first-order chi connectivity index (χ1) is 24.4. The molecule has 1 fully saturated rings. The number of ether oxygens (including phenoxy) is 2. The van der Waals surface area contributed by atoms with E-state index in [9.17, 15) is 14.7 Å². The quantitative estimate of drug-likeness (QED) is 0.109. The van der Waals surface area contributed by atoms with Crippen molar-refractivity contribution in [3.8, 4) is 11.1 Å². The van der Waals surface area contributed by atoms with Crippen molar-refractivity contribution in [1.82, 2.24) is 20.2 Å². The Hall–Kier alpha value is -4.83. The van der Waals surface area contributed by atoms with E-state index in [1.807, 2.05) is 73.1 Å². The Bertz CT molecular complexity index is 1890. The lowest BCUT2D eigenvalue weighted by molar-refractivity contribution is -0.276. The first-order valence-corrected chi connectivity index (χ1v) is 17.5. The van der Waals surface area contributed by atoms with Crippen molar-refractivity contribution >= 4 is 22.8 Å². The van der Waals surface area contributed by atoms with Gasteiger partial charge in [-0.3, -0.25) is 9.59 Å². The van der Waals surface area contributed by atoms with Crippen LogP contribution in [0.4, 0.5) is 0 Å². The Morgan fingerprint density at radius 2 is 1.60 bits per heavy atom. The second-order valence-electron chi connectivity index (χ2n) is 13.1. The van der Waals surface area contributed by atoms with Crippen LogP contribution >= 0.6 is 0 Å². The molecule has 3 N–H and O–H groups in total. The van der Waals surface area contributed by atoms with E-state index >= 15 is 0 Å². The summed E-state index contributed by atoms with van der Waals surface area (Å²) in [5.41, 5.74) is 7.92. The summed E-state index contributed by atoms with van der Waals surface area (Å²) >= 11 is 0. The maximum atomic E-state index is 12.5. The van der Waals surface area contributed by atoms with Crippen LogP contribution in [0, 0.1) is 5.92 Å². The number of amides is 2. The van der Waals surface area contributed by atoms with Gasteiger partial charge >= 0.3 is 0 Å². The zero-order valence-electron chi connectivity index (χ0n) is 28.8. The lowest BCUT2D eigenvalue weighted by Crippen LogP contribution is -2.39. The fraction of sp³-hybridized carbons (Fsp3) is 0.341. The van der Waals surface area contributed by atoms with Crippen LogP contribution in [0.2, 0.25) is 0 Å². The molecule has 0 radical (unpaired) electrons. The average molecular weight is 675 g/mol. The Balaban J connectivity index is 1.16. The summed E-state index contributed by atoms with van der Waals surface area (Å²) in [5, 5.41) is 15.5. The van der Waals surface area contributed by atoms with Crippen LogP contribution in [-0.2, 0) is 38.8 Å². The summed E-state index contributed by atoms with van der Waals surface area (Å²) in [4.78, 5) is 28.1. The van der Waals surface area contributed by atoms with Gasteiger partial charge in [-0.15, -0.1) is 0 Å². The third kappa shape index (κ3) is 8.84. The van der Waals surface area contributed by atoms with Crippen LogP contribution in [0.5, 0.6) is 0 Å². The summed E-state index contributed by atoms with van der Waals surface area (Å²) in [6.07, 6.45) is 3.90. The van der Waals surface area contributed by atoms with Gasteiger partial charge in [-0.2, -0.15) is 0 Å². The lowest BCUT2D eigenvalue weighted by Gasteiger charge is -2.41. The first-order valence-electron chi connectivity index (χ1n) is 17.5. The number of aliphatic hydroxyl groups is 1. The minimum atomic E-state index is -0.603. The van der Waals surface area contributed by atoms with E-state index in [1.54, 1.807) is 0 Å². The van der Waals surface area contributed by atoms with Gasteiger partial charge in [-0.25, -0.2) is 4.98 Å². The van der Waals surface area contributed by atoms with E-state index in [4.69, 9.17) is 9.47 Å². The van der Waals surface area contributed by atoms with Crippen molar-refractivity contribution in [2.75, 3.05) is 6.54 Å². The number of para-hydroxylation sites is 2. The molecule has 9 heteroatoms. The molecule has 0 saturated carbocycles. The minimum Gasteiger partial charge on any atom is -0.392 e. The Labute approximate surface area is 293 Å². The molecule has 4 unspecified atom stereocenters. The third-order valence-corrected chi connectivity index (χ3v) is 9.39. The van der Waals surface area contributed by atoms with Gasteiger partial charge in [0.25, 0.3) is 0 Å². The number of hydrogen-bond acceptors (Lipinski definition) is 6. The van der Waals surface area contributed by atoms with Gasteiger partial charge in [-0.05, 0) is 64.9 Å². The molecule has 2 amide bonds. The van der Waals surface area contributed by atoms with Gasteiger partial charge in [0.05, 0.1) is 42.7 Å². The molecule has 1 aliphatic rings. The van der Waals surface area contributed by atoms with E-state index in [0.29, 0.717) is 26.1 Å². The second-order valence-corrected chi connectivity index (χ2v) is 13.1. The number of benzene rings is 4. The molecule has 260 valence electrons. The molecule has 4 atom stereocenters. The fourth-order valence-electron chi connectivity index (χ4n) is 6.54. The van der Waals surface area contributed by atoms with E-state index in [0.717, 1.165) is 63.7 Å². The van der Waals surface area contributed by atoms with Crippen LogP contribution in [0.25, 0.3) is 22.2 Å². The number of fused-ring (bicyclic) bond motifs is 1. The monoisotopic (exact) mass is 674 g/mol. The summed E-state index contributed by atoms with van der Waals surface area (Å²) in [7, 11) is 0. The highest BCUT2D eigenvalue weighted by molar-refractivity contribution is 5.76. The number of carbonyl (C=O) groups excluding carboxylic acids is 2. The van der Waals surface area contributed by atoms with Gasteiger partial charge in [-0.1, -0.05) is 86.1 Å². The largest absolute Gasteiger partial charge is 0.392 e. The third-order valence-electron chi connectivity index (χ3n) is 9.39. The average Bonchev–Trinajstić information content (AvgIpc) is 3.55. The molecular weight excluding hydrogens is 628 g/mol. The number of aromatic nitrogens is 2. The first kappa shape index (κ1) is 35.0. The number of hydrogen-bond donors (Lipinski definition) is 3. The van der Waals surface area contributed by atoms with Crippen molar-refractivity contribution in [3.63, 3.8) is 0 Å². The molecule has 2 heterocycles. The number of nitrogens with one attached hydrogen (secondary N) is 2. The number of nitrogens with zero attached hydrogens (tertiary/aromatic N) is 2. The molecule has 0 aliphatic carbocycles. The van der Waals surface area contributed by atoms with Crippen LogP contribution in [-0.4, -0.2) is 39.1 Å². The van der Waals surface area contributed by atoms with E-state index in [2.05, 4.69) is 57.4 Å². The van der Waals surface area contributed by atoms with E-state index < -0.39 is 6.29 Å². The predicted octanol–water partition coefficient (Wildman–Crippen LogP) is 7.00. The molecule has 5 aromatic rings. The molecule has 9 nitrogen and oxygen atoms in total. The zero-order chi connectivity index (χ0) is 34.9. The van der Waals surface area contributed by atoms with Gasteiger partial charge < -0.3 is 29.8 Å². The van der Waals surface area contributed by atoms with Crippen LogP contribution < -0.4 is 10.6 Å². The molecular formula is C41H46N4O5. The molecule has 4 aromatic carbocycles. The van der Waals surface area contributed by atoms with Gasteiger partial charge in [0.15, 0.2) is 6.29 Å². The smallest absolute Gasteiger partial charge is 0.220 e. The molecule has 0 bridgehead atoms. The maximum Gasteiger partial charge on any atom is 0.220 e. The highest BCUT2D eigenvalue weighted by Crippen LogP contribution is 2.43. The van der Waals surface area contributed by atoms with E-state index in [-0.39, 0.29) is 36.5 Å². The number of carbonyl (C=O) groups is 2. The molecule has 1 aliphatic heterocycles. The number of unbranched alkanes of at least 4 members (excludes halogenated alkanes) is 2. The number of imidazole rings is 1. The van der Waals surface area contributed by atoms with Crippen LogP contribution in [0.1, 0.15) is 74.2 Å². The number of aliphatic hydroxyl groups excluding tert-OH is 1. The summed E-state index contributed by atoms with van der Waals surface area (Å²) in [6, 6.07) is 32.6. The minimum absolute atomic E-state index is 0.00803. The standard InChI is InChI=1S/C41H46N4O5/c1-28-38(25-45-27-44-36-14-5-6-15-37(36)45)49-41(50-40(28)32-19-17-30(26-46)18-20-32)35-13-9-12-34(23-35)33-11-8-10-31(22-33)24-43-39(48)16-4-3-7-21-42-29(2)47/h5-6,8-15,17-20,22-23,27-28,38,40-41,46H,3-4,7,16,21,24-26H2,1-2H3,(H,42,47)(H,43,48). The molecule has 1 saturated heterocycles. The lowest BCUT2D eigenvalue weighted by atomic mass is 9.90. The summed E-state index contributed by atoms with van der Waals surface area (Å²) in [6.45, 7) is 5.39. The second kappa shape index (κ2) is 16.7. The van der Waals surface area contributed by atoms with Gasteiger partial charge in [0, 0.05) is 37.9 Å². The SMILES string of the molecule is CC(=O)NCCCCCC(=O)NCc1cccc(-c2cccc(C3OC(Cn4cnc5ccccc54)C(C)C(c4ccc(CO)cc4)O3)c2)c1. The fourth-order valence-corrected chi connectivity index (χ4v) is 6.54. The van der Waals surface area contributed by atoms with Gasteiger partial charge in [0.1, 0.15) is 0 Å².